The SMILES string of the molecule is Cc1cccc(C[C@H](O)/C=C/[C@@H]2[C@H]3CC(Cc4ccc(CN)cc4)=C[C@H]3C[C@H]2O)c1. The quantitative estimate of drug-likeness (QED) is 0.610. The van der Waals surface area contributed by atoms with Crippen LogP contribution in [-0.2, 0) is 19.4 Å². The van der Waals surface area contributed by atoms with E-state index in [1.807, 2.05) is 12.1 Å². The molecule has 2 aromatic rings. The second-order valence-electron chi connectivity index (χ2n) is 9.08. The Bertz CT molecular complexity index is 915. The molecule has 0 unspecified atom stereocenters. The molecule has 3 heteroatoms. The van der Waals surface area contributed by atoms with Crippen LogP contribution in [0.1, 0.15) is 35.1 Å². The van der Waals surface area contributed by atoms with E-state index in [4.69, 9.17) is 5.73 Å². The van der Waals surface area contributed by atoms with Crippen molar-refractivity contribution in [1.29, 1.82) is 0 Å². The van der Waals surface area contributed by atoms with Gasteiger partial charge in [0.15, 0.2) is 0 Å². The molecular formula is C27H33NO2. The third-order valence-corrected chi connectivity index (χ3v) is 6.72. The molecule has 0 aromatic heterocycles. The van der Waals surface area contributed by atoms with E-state index in [1.54, 1.807) is 0 Å². The fourth-order valence-electron chi connectivity index (χ4n) is 5.20. The molecule has 4 N–H and O–H groups in total. The first kappa shape index (κ1) is 21.0. The van der Waals surface area contributed by atoms with Crippen LogP contribution in [0.5, 0.6) is 0 Å². The van der Waals surface area contributed by atoms with Crippen molar-refractivity contribution in [3.8, 4) is 0 Å². The van der Waals surface area contributed by atoms with Gasteiger partial charge in [-0.05, 0) is 54.7 Å². The highest BCUT2D eigenvalue weighted by molar-refractivity contribution is 5.30. The van der Waals surface area contributed by atoms with E-state index in [0.717, 1.165) is 30.4 Å². The third kappa shape index (κ3) is 4.92. The van der Waals surface area contributed by atoms with Crippen LogP contribution in [0, 0.1) is 24.7 Å². The van der Waals surface area contributed by atoms with Gasteiger partial charge in [-0.15, -0.1) is 0 Å². The lowest BCUT2D eigenvalue weighted by molar-refractivity contribution is 0.140. The maximum absolute atomic E-state index is 10.6. The van der Waals surface area contributed by atoms with Gasteiger partial charge >= 0.3 is 0 Å². The summed E-state index contributed by atoms with van der Waals surface area (Å²) in [4.78, 5) is 0. The Kier molecular flexibility index (Phi) is 6.52. The lowest BCUT2D eigenvalue weighted by atomic mass is 9.88. The van der Waals surface area contributed by atoms with Crippen molar-refractivity contribution in [2.75, 3.05) is 0 Å². The van der Waals surface area contributed by atoms with Gasteiger partial charge in [0.1, 0.15) is 0 Å². The van der Waals surface area contributed by atoms with Crippen LogP contribution in [0.4, 0.5) is 0 Å². The average Bonchev–Trinajstić information content (AvgIpc) is 3.23. The van der Waals surface area contributed by atoms with Crippen molar-refractivity contribution in [3.63, 3.8) is 0 Å². The van der Waals surface area contributed by atoms with Crippen LogP contribution >= 0.6 is 0 Å². The Balaban J connectivity index is 1.36. The third-order valence-electron chi connectivity index (χ3n) is 6.72. The van der Waals surface area contributed by atoms with Crippen molar-refractivity contribution in [2.24, 2.45) is 23.5 Å². The molecule has 4 rings (SSSR count). The predicted molar refractivity (Wildman–Crippen MR) is 122 cm³/mol. The van der Waals surface area contributed by atoms with Crippen LogP contribution in [0.25, 0.3) is 0 Å². The molecule has 1 fully saturated rings. The summed E-state index contributed by atoms with van der Waals surface area (Å²) < 4.78 is 0. The number of nitrogens with two attached hydrogens (primary N) is 1. The Morgan fingerprint density at radius 2 is 1.87 bits per heavy atom. The zero-order valence-electron chi connectivity index (χ0n) is 17.7. The minimum Gasteiger partial charge on any atom is -0.392 e. The molecule has 158 valence electrons. The minimum atomic E-state index is -0.520. The molecule has 0 heterocycles. The molecule has 0 spiro atoms. The average molecular weight is 404 g/mol. The number of hydrogen-bond acceptors (Lipinski definition) is 3. The van der Waals surface area contributed by atoms with Crippen molar-refractivity contribution in [2.45, 2.75) is 51.4 Å². The highest BCUT2D eigenvalue weighted by Crippen LogP contribution is 2.47. The van der Waals surface area contributed by atoms with Gasteiger partial charge in [0.25, 0.3) is 0 Å². The molecule has 0 amide bonds. The van der Waals surface area contributed by atoms with Gasteiger partial charge in [-0.3, -0.25) is 0 Å². The highest BCUT2D eigenvalue weighted by atomic mass is 16.3. The number of aliphatic hydroxyl groups excluding tert-OH is 2. The second kappa shape index (κ2) is 9.30. The van der Waals surface area contributed by atoms with Gasteiger partial charge in [0.2, 0.25) is 0 Å². The molecule has 30 heavy (non-hydrogen) atoms. The Morgan fingerprint density at radius 1 is 1.10 bits per heavy atom. The molecule has 0 radical (unpaired) electrons. The van der Waals surface area contributed by atoms with Crippen molar-refractivity contribution in [1.82, 2.24) is 0 Å². The Labute approximate surface area is 180 Å². The van der Waals surface area contributed by atoms with E-state index < -0.39 is 6.10 Å². The molecule has 2 aromatic carbocycles. The predicted octanol–water partition coefficient (Wildman–Crippen LogP) is 4.10. The smallest absolute Gasteiger partial charge is 0.0761 e. The van der Waals surface area contributed by atoms with Crippen LogP contribution in [-0.4, -0.2) is 22.4 Å². The van der Waals surface area contributed by atoms with Gasteiger partial charge < -0.3 is 15.9 Å². The molecule has 0 saturated heterocycles. The summed E-state index contributed by atoms with van der Waals surface area (Å²) in [5.41, 5.74) is 12.0. The van der Waals surface area contributed by atoms with Crippen molar-refractivity contribution >= 4 is 0 Å². The maximum Gasteiger partial charge on any atom is 0.0761 e. The van der Waals surface area contributed by atoms with Crippen LogP contribution in [0.2, 0.25) is 0 Å². The summed E-state index contributed by atoms with van der Waals surface area (Å²) in [6, 6.07) is 16.8. The van der Waals surface area contributed by atoms with Crippen LogP contribution in [0.15, 0.2) is 72.3 Å². The Hall–Kier alpha value is -2.20. The van der Waals surface area contributed by atoms with Crippen molar-refractivity contribution < 1.29 is 10.2 Å². The van der Waals surface area contributed by atoms with Gasteiger partial charge in [-0.2, -0.15) is 0 Å². The summed E-state index contributed by atoms with van der Waals surface area (Å²) in [6.07, 6.45) is 8.95. The number of allylic oxidation sites excluding steroid dienone is 2. The largest absolute Gasteiger partial charge is 0.392 e. The zero-order chi connectivity index (χ0) is 21.1. The first-order valence-corrected chi connectivity index (χ1v) is 11.1. The molecule has 5 atom stereocenters. The number of rotatable bonds is 7. The highest BCUT2D eigenvalue weighted by Gasteiger charge is 2.43. The monoisotopic (exact) mass is 403 g/mol. The standard InChI is InChI=1S/C27H33NO2/c1-18-3-2-4-21(11-18)14-24(29)9-10-25-26-15-22(13-23(26)16-27(25)30)12-19-5-7-20(17-28)8-6-19/h2-11,13,23-27,29-30H,12,14-17,28H2,1H3/b10-9+/t23-,24+,25+,26-,27+/m0/s1. The maximum atomic E-state index is 10.6. The lowest BCUT2D eigenvalue weighted by Gasteiger charge is -2.19. The number of aliphatic hydroxyl groups is 2. The molecule has 2 aliphatic carbocycles. The molecule has 3 nitrogen and oxygen atoms in total. The second-order valence-corrected chi connectivity index (χ2v) is 9.08. The number of fused-ring (bicyclic) bond motifs is 1. The van der Waals surface area contributed by atoms with Crippen molar-refractivity contribution in [3.05, 3.63) is 94.6 Å². The zero-order valence-corrected chi connectivity index (χ0v) is 17.7. The topological polar surface area (TPSA) is 66.5 Å². The molecule has 0 bridgehead atoms. The summed E-state index contributed by atoms with van der Waals surface area (Å²) in [6.45, 7) is 2.65. The van der Waals surface area contributed by atoms with E-state index in [2.05, 4.69) is 61.5 Å². The van der Waals surface area contributed by atoms with E-state index in [1.165, 1.54) is 16.7 Å². The van der Waals surface area contributed by atoms with Crippen LogP contribution < -0.4 is 5.73 Å². The number of benzene rings is 2. The van der Waals surface area contributed by atoms with E-state index in [9.17, 15) is 10.2 Å². The molecule has 1 saturated carbocycles. The van der Waals surface area contributed by atoms with Gasteiger partial charge in [0.05, 0.1) is 12.2 Å². The van der Waals surface area contributed by atoms with E-state index >= 15 is 0 Å². The molecule has 2 aliphatic rings. The lowest BCUT2D eigenvalue weighted by Crippen LogP contribution is -2.18. The normalized spacial score (nSPS) is 26.7. The Morgan fingerprint density at radius 3 is 2.60 bits per heavy atom. The van der Waals surface area contributed by atoms with Gasteiger partial charge in [-0.25, -0.2) is 0 Å². The fourth-order valence-corrected chi connectivity index (χ4v) is 5.20. The summed E-state index contributed by atoms with van der Waals surface area (Å²) >= 11 is 0. The van der Waals surface area contributed by atoms with Gasteiger partial charge in [-0.1, -0.05) is 77.9 Å². The van der Waals surface area contributed by atoms with Crippen LogP contribution in [0.3, 0.4) is 0 Å². The minimum absolute atomic E-state index is 0.121. The molecule has 0 aliphatic heterocycles. The summed E-state index contributed by atoms with van der Waals surface area (Å²) in [5, 5.41) is 21.1. The van der Waals surface area contributed by atoms with E-state index in [-0.39, 0.29) is 12.0 Å². The van der Waals surface area contributed by atoms with E-state index in [0.29, 0.717) is 24.8 Å². The molecular weight excluding hydrogens is 370 g/mol. The summed E-state index contributed by atoms with van der Waals surface area (Å²) in [5.74, 6) is 1.01. The first-order valence-electron chi connectivity index (χ1n) is 11.1. The number of hydrogen-bond donors (Lipinski definition) is 3. The fraction of sp³-hybridized carbons (Fsp3) is 0.407. The van der Waals surface area contributed by atoms with Gasteiger partial charge in [0, 0.05) is 18.9 Å². The number of aryl methyl sites for hydroxylation is 1. The summed E-state index contributed by atoms with van der Waals surface area (Å²) in [7, 11) is 0. The first-order chi connectivity index (χ1) is 14.5.